The number of nitrogens with one attached hydrogen (secondary N) is 1. The number of nitrogens with zero attached hydrogens (tertiary/aromatic N) is 1. The molecule has 2 amide bonds. The highest BCUT2D eigenvalue weighted by atomic mass is 19.1. The number of carbonyl (C=O) groups excluding carboxylic acids is 2. The first kappa shape index (κ1) is 18.8. The largest absolute Gasteiger partial charge is 0.353 e. The summed E-state index contributed by atoms with van der Waals surface area (Å²) in [6.07, 6.45) is 4.19. The van der Waals surface area contributed by atoms with Gasteiger partial charge >= 0.3 is 0 Å². The summed E-state index contributed by atoms with van der Waals surface area (Å²) in [6.45, 7) is 1.36. The van der Waals surface area contributed by atoms with Crippen LogP contribution in [-0.4, -0.2) is 42.4 Å². The first-order valence-electron chi connectivity index (χ1n) is 9.24. The monoisotopic (exact) mass is 365 g/mol. The Morgan fingerprint density at radius 1 is 1.15 bits per heavy atom. The Bertz CT molecular complexity index is 675. The van der Waals surface area contributed by atoms with Crippen LogP contribution in [0.4, 0.5) is 8.78 Å². The van der Waals surface area contributed by atoms with Crippen molar-refractivity contribution >= 4 is 11.8 Å². The SMILES string of the molecule is NCC1CCCC1NC(=O)C1CCN(C(=O)c2ccc(F)cc2F)CC1. The Labute approximate surface area is 151 Å². The quantitative estimate of drug-likeness (QED) is 0.858. The molecule has 0 radical (unpaired) electrons. The Hall–Kier alpha value is -2.02. The second kappa shape index (κ2) is 8.12. The Morgan fingerprint density at radius 2 is 1.88 bits per heavy atom. The minimum atomic E-state index is -0.857. The van der Waals surface area contributed by atoms with E-state index in [1.165, 1.54) is 11.0 Å². The zero-order valence-electron chi connectivity index (χ0n) is 14.7. The molecule has 0 spiro atoms. The summed E-state index contributed by atoms with van der Waals surface area (Å²) < 4.78 is 26.8. The van der Waals surface area contributed by atoms with E-state index in [9.17, 15) is 18.4 Å². The maximum atomic E-state index is 13.8. The number of halogens is 2. The van der Waals surface area contributed by atoms with Gasteiger partial charge in [0.05, 0.1) is 5.56 Å². The van der Waals surface area contributed by atoms with Crippen molar-refractivity contribution < 1.29 is 18.4 Å². The lowest BCUT2D eigenvalue weighted by atomic mass is 9.94. The van der Waals surface area contributed by atoms with Crippen LogP contribution in [0.15, 0.2) is 18.2 Å². The van der Waals surface area contributed by atoms with Gasteiger partial charge in [-0.1, -0.05) is 6.42 Å². The number of hydrogen-bond acceptors (Lipinski definition) is 3. The highest BCUT2D eigenvalue weighted by Crippen LogP contribution is 2.26. The fourth-order valence-corrected chi connectivity index (χ4v) is 3.99. The molecule has 2 unspecified atom stereocenters. The molecule has 1 aromatic rings. The molecule has 7 heteroatoms. The van der Waals surface area contributed by atoms with Gasteiger partial charge in [0.25, 0.3) is 5.91 Å². The molecule has 26 heavy (non-hydrogen) atoms. The van der Waals surface area contributed by atoms with Crippen LogP contribution in [0.5, 0.6) is 0 Å². The van der Waals surface area contributed by atoms with E-state index in [2.05, 4.69) is 5.32 Å². The van der Waals surface area contributed by atoms with Crippen LogP contribution in [0, 0.1) is 23.5 Å². The van der Waals surface area contributed by atoms with E-state index in [1.807, 2.05) is 0 Å². The zero-order chi connectivity index (χ0) is 18.7. The van der Waals surface area contributed by atoms with E-state index in [0.29, 0.717) is 44.5 Å². The van der Waals surface area contributed by atoms with E-state index < -0.39 is 17.5 Å². The van der Waals surface area contributed by atoms with Gasteiger partial charge in [0, 0.05) is 31.1 Å². The first-order chi connectivity index (χ1) is 12.5. The highest BCUT2D eigenvalue weighted by molar-refractivity contribution is 5.94. The third-order valence-corrected chi connectivity index (χ3v) is 5.60. The van der Waals surface area contributed by atoms with Gasteiger partial charge in [-0.2, -0.15) is 0 Å². The molecule has 2 atom stereocenters. The summed E-state index contributed by atoms with van der Waals surface area (Å²) in [5.41, 5.74) is 5.62. The molecule has 3 rings (SSSR count). The second-order valence-electron chi connectivity index (χ2n) is 7.23. The maximum Gasteiger partial charge on any atom is 0.256 e. The predicted molar refractivity (Wildman–Crippen MR) is 93.3 cm³/mol. The molecule has 1 aromatic carbocycles. The molecule has 2 aliphatic rings. The molecule has 0 bridgehead atoms. The van der Waals surface area contributed by atoms with E-state index >= 15 is 0 Å². The summed E-state index contributed by atoms with van der Waals surface area (Å²) in [4.78, 5) is 26.4. The normalized spacial score (nSPS) is 23.9. The number of hydrogen-bond donors (Lipinski definition) is 2. The van der Waals surface area contributed by atoms with Gasteiger partial charge in [-0.3, -0.25) is 9.59 Å². The van der Waals surface area contributed by atoms with Crippen molar-refractivity contribution in [3.8, 4) is 0 Å². The summed E-state index contributed by atoms with van der Waals surface area (Å²) in [7, 11) is 0. The van der Waals surface area contributed by atoms with Crippen LogP contribution in [0.3, 0.4) is 0 Å². The molecule has 2 fully saturated rings. The van der Waals surface area contributed by atoms with Gasteiger partial charge in [0.15, 0.2) is 0 Å². The lowest BCUT2D eigenvalue weighted by Gasteiger charge is -2.32. The van der Waals surface area contributed by atoms with Gasteiger partial charge in [0.2, 0.25) is 5.91 Å². The molecule has 1 aliphatic heterocycles. The molecule has 0 aromatic heterocycles. The van der Waals surface area contributed by atoms with Crippen molar-refractivity contribution in [1.82, 2.24) is 10.2 Å². The Morgan fingerprint density at radius 3 is 2.54 bits per heavy atom. The van der Waals surface area contributed by atoms with Gasteiger partial charge in [0.1, 0.15) is 11.6 Å². The average molecular weight is 365 g/mol. The van der Waals surface area contributed by atoms with Crippen LogP contribution in [-0.2, 0) is 4.79 Å². The number of piperidine rings is 1. The van der Waals surface area contributed by atoms with Crippen LogP contribution in [0.2, 0.25) is 0 Å². The van der Waals surface area contributed by atoms with Crippen molar-refractivity contribution in [3.63, 3.8) is 0 Å². The van der Waals surface area contributed by atoms with Crippen molar-refractivity contribution in [2.75, 3.05) is 19.6 Å². The van der Waals surface area contributed by atoms with Gasteiger partial charge < -0.3 is 16.0 Å². The standard InChI is InChI=1S/C19H25F2N3O2/c20-14-4-5-15(16(21)10-14)19(26)24-8-6-12(7-9-24)18(25)23-17-3-1-2-13(17)11-22/h4-5,10,12-13,17H,1-3,6-9,11,22H2,(H,23,25). The predicted octanol–water partition coefficient (Wildman–Crippen LogP) is 2.06. The second-order valence-corrected chi connectivity index (χ2v) is 7.23. The van der Waals surface area contributed by atoms with E-state index in [1.54, 1.807) is 0 Å². The van der Waals surface area contributed by atoms with E-state index in [0.717, 1.165) is 25.3 Å². The fraction of sp³-hybridized carbons (Fsp3) is 0.579. The van der Waals surface area contributed by atoms with Crippen molar-refractivity contribution in [1.29, 1.82) is 0 Å². The minimum absolute atomic E-state index is 0.0235. The maximum absolute atomic E-state index is 13.8. The molecular formula is C19H25F2N3O2. The number of nitrogens with two attached hydrogens (primary N) is 1. The summed E-state index contributed by atoms with van der Waals surface area (Å²) >= 11 is 0. The Balaban J connectivity index is 1.53. The molecule has 5 nitrogen and oxygen atoms in total. The average Bonchev–Trinajstić information content (AvgIpc) is 3.08. The summed E-state index contributed by atoms with van der Waals surface area (Å²) in [5, 5.41) is 3.12. The molecule has 3 N–H and O–H groups in total. The van der Waals surface area contributed by atoms with Crippen molar-refractivity contribution in [2.45, 2.75) is 38.1 Å². The molecule has 1 heterocycles. The lowest BCUT2D eigenvalue weighted by molar-refractivity contribution is -0.127. The summed E-state index contributed by atoms with van der Waals surface area (Å²) in [5.74, 6) is -1.80. The topological polar surface area (TPSA) is 75.4 Å². The molecular weight excluding hydrogens is 340 g/mol. The fourth-order valence-electron chi connectivity index (χ4n) is 3.99. The number of benzene rings is 1. The molecule has 1 aliphatic carbocycles. The van der Waals surface area contributed by atoms with Crippen LogP contribution in [0.1, 0.15) is 42.5 Å². The highest BCUT2D eigenvalue weighted by Gasteiger charge is 2.32. The van der Waals surface area contributed by atoms with Crippen LogP contribution in [0.25, 0.3) is 0 Å². The number of amides is 2. The number of carbonyl (C=O) groups is 2. The Kier molecular flexibility index (Phi) is 5.86. The van der Waals surface area contributed by atoms with E-state index in [4.69, 9.17) is 5.73 Å². The first-order valence-corrected chi connectivity index (χ1v) is 9.24. The minimum Gasteiger partial charge on any atom is -0.353 e. The van der Waals surface area contributed by atoms with Crippen molar-refractivity contribution in [3.05, 3.63) is 35.4 Å². The summed E-state index contributed by atoms with van der Waals surface area (Å²) in [6, 6.07) is 3.11. The molecule has 1 saturated carbocycles. The number of likely N-dealkylation sites (tertiary alicyclic amines) is 1. The van der Waals surface area contributed by atoms with Gasteiger partial charge in [-0.25, -0.2) is 8.78 Å². The number of rotatable bonds is 4. The lowest BCUT2D eigenvalue weighted by Crippen LogP contribution is -2.47. The smallest absolute Gasteiger partial charge is 0.256 e. The molecule has 142 valence electrons. The van der Waals surface area contributed by atoms with Gasteiger partial charge in [-0.15, -0.1) is 0 Å². The van der Waals surface area contributed by atoms with Gasteiger partial charge in [-0.05, 0) is 50.3 Å². The molecule has 1 saturated heterocycles. The van der Waals surface area contributed by atoms with E-state index in [-0.39, 0.29) is 23.4 Å². The zero-order valence-corrected chi connectivity index (χ0v) is 14.7. The third-order valence-electron chi connectivity index (χ3n) is 5.60. The van der Waals surface area contributed by atoms with Crippen LogP contribution >= 0.6 is 0 Å². The third kappa shape index (κ3) is 4.03. The van der Waals surface area contributed by atoms with Crippen LogP contribution < -0.4 is 11.1 Å². The van der Waals surface area contributed by atoms with Crippen molar-refractivity contribution in [2.24, 2.45) is 17.6 Å².